The second-order valence-corrected chi connectivity index (χ2v) is 15.2. The molecule has 0 fully saturated rings. The molecule has 0 spiro atoms. The first kappa shape index (κ1) is 62.6. The maximum absolute atomic E-state index is 13.4. The molecule has 0 saturated carbocycles. The largest absolute Gasteiger partial charge is 0.516 e. The summed E-state index contributed by atoms with van der Waals surface area (Å²) in [4.78, 5) is 55.9. The molecule has 2 aromatic carbocycles. The van der Waals surface area contributed by atoms with Gasteiger partial charge >= 0.3 is 57.5 Å². The fourth-order valence-electron chi connectivity index (χ4n) is 3.75. The van der Waals surface area contributed by atoms with E-state index < -0.39 is 39.5 Å². The third-order valence-electron chi connectivity index (χ3n) is 6.13. The average Bonchev–Trinajstić information content (AvgIpc) is 3.17. The van der Waals surface area contributed by atoms with Crippen LogP contribution in [0.4, 0.5) is 0 Å². The Labute approximate surface area is 386 Å². The van der Waals surface area contributed by atoms with E-state index in [1.165, 1.54) is 42.3 Å². The molecule has 0 aliphatic rings. The minimum absolute atomic E-state index is 0. The van der Waals surface area contributed by atoms with Crippen molar-refractivity contribution in [2.45, 2.75) is 80.7 Å². The number of para-hydroxylation sites is 2. The number of nitrogens with zero attached hydrogens (tertiary/aromatic N) is 6. The predicted octanol–water partition coefficient (Wildman–Crippen LogP) is 6.52. The minimum atomic E-state index is -4.19. The van der Waals surface area contributed by atoms with Crippen molar-refractivity contribution in [3.63, 3.8) is 0 Å². The molecule has 0 radical (unpaired) electrons. The number of hydrogen-bond donors (Lipinski definition) is 3. The number of ether oxygens (including phenoxy) is 6. The molecule has 2 unspecified atom stereocenters. The molecule has 2 aromatic heterocycles. The molecule has 0 aliphatic carbocycles. The van der Waals surface area contributed by atoms with Gasteiger partial charge in [-0.25, -0.2) is 9.13 Å². The summed E-state index contributed by atoms with van der Waals surface area (Å²) in [6.45, 7) is 9.69. The van der Waals surface area contributed by atoms with E-state index in [0.29, 0.717) is 0 Å². The Kier molecular flexibility index (Phi) is 31.0. The Bertz CT molecular complexity index is 1980. The van der Waals surface area contributed by atoms with Gasteiger partial charge in [-0.1, -0.05) is 51.3 Å². The van der Waals surface area contributed by atoms with Gasteiger partial charge in [0, 0.05) is 0 Å². The summed E-state index contributed by atoms with van der Waals surface area (Å²) >= 11 is 5.49. The zero-order chi connectivity index (χ0) is 44.2. The molecule has 356 valence electrons. The van der Waals surface area contributed by atoms with Crippen molar-refractivity contribution in [3.05, 3.63) is 65.9 Å². The number of carbonyl (C=O) groups excluding carboxylic acids is 2. The highest BCUT2D eigenvalue weighted by Gasteiger charge is 2.35. The van der Waals surface area contributed by atoms with Crippen LogP contribution < -0.4 is 42.7 Å². The Balaban J connectivity index is -0.000000915. The van der Waals surface area contributed by atoms with Crippen molar-refractivity contribution in [1.82, 2.24) is 40.1 Å². The van der Waals surface area contributed by atoms with Crippen LogP contribution in [0.1, 0.15) is 56.4 Å². The van der Waals surface area contributed by atoms with Crippen molar-refractivity contribution in [2.24, 2.45) is 0 Å². The van der Waals surface area contributed by atoms with E-state index >= 15 is 0 Å². The number of nitrogens with one attached hydrogen (secondary N) is 2. The number of aromatic nitrogens is 6. The first-order valence-corrected chi connectivity index (χ1v) is 20.7. The smallest absolute Gasteiger partial charge is 0.467 e. The van der Waals surface area contributed by atoms with Crippen molar-refractivity contribution in [3.8, 4) is 41.6 Å². The molecule has 3 N–H and O–H groups in total. The monoisotopic (exact) mass is 988 g/mol. The summed E-state index contributed by atoms with van der Waals surface area (Å²) in [7, 11) is -2.77. The normalized spacial score (nSPS) is 12.7. The highest BCUT2D eigenvalue weighted by molar-refractivity contribution is 7.59. The first-order chi connectivity index (χ1) is 27.8. The number of halogens is 1. The standard InChI is InChI=1S/C17H23N4O7P.C12H18NO5P.C5H6ClN3O2.2CH4.2H2S/c1-11(2)26-14(22)12(3)21-29(23,27-13-9-7-6-8-10-13)28-17-19-15(24-4)18-16(20-17)25-5;1-9(2)17-12(14)10(3)13-19(15,16)18-11-7-5-4-6-8-11;1-10-4-7-3(6)8-5(9-4)11-2;;;;/h6-12H,1-5H3,(H,21,23);4-10H,1-3H3,(H2,13,15,16);1-2H3;2*1H4;2*1H2/t12-,29?;10-;;;;;/m00...../s1. The molecular formula is C36H59ClN8O14P2S2. The van der Waals surface area contributed by atoms with Gasteiger partial charge in [0.2, 0.25) is 5.28 Å². The molecule has 4 rings (SSSR count). The van der Waals surface area contributed by atoms with Gasteiger partial charge in [-0.15, -0.1) is 19.9 Å². The third kappa shape index (κ3) is 24.7. The molecule has 27 heteroatoms. The van der Waals surface area contributed by atoms with Crippen LogP contribution >= 0.6 is 54.1 Å². The average molecular weight is 989 g/mol. The summed E-state index contributed by atoms with van der Waals surface area (Å²) in [6.07, 6.45) is -0.635. The first-order valence-electron chi connectivity index (χ1n) is 17.2. The van der Waals surface area contributed by atoms with Gasteiger partial charge in [0.05, 0.1) is 40.6 Å². The highest BCUT2D eigenvalue weighted by Crippen LogP contribution is 2.45. The highest BCUT2D eigenvalue weighted by atomic mass is 35.5. The Morgan fingerprint density at radius 1 is 0.556 bits per heavy atom. The van der Waals surface area contributed by atoms with E-state index in [2.05, 4.69) is 40.1 Å². The number of carbonyl (C=O) groups is 2. The SMILES string of the molecule is C.C.CC(C)OC(=O)[C@H](C)NP(=O)(O)Oc1ccccc1.COc1nc(Cl)nc(OC)n1.COc1nc(OC)nc(OP(=O)(N[C@@H](C)C(=O)OC(C)C)Oc2ccccc2)n1.S.S. The Hall–Kier alpha value is -4.67. The molecule has 4 aromatic rings. The fourth-order valence-corrected chi connectivity index (χ4v) is 6.36. The van der Waals surface area contributed by atoms with Gasteiger partial charge in [0.1, 0.15) is 23.6 Å². The summed E-state index contributed by atoms with van der Waals surface area (Å²) in [5.74, 6) is -0.766. The lowest BCUT2D eigenvalue weighted by Crippen LogP contribution is -2.37. The topological polar surface area (TPSA) is 273 Å². The van der Waals surface area contributed by atoms with Gasteiger partial charge in [-0.2, -0.15) is 47.1 Å². The van der Waals surface area contributed by atoms with Crippen LogP contribution in [0.2, 0.25) is 5.28 Å². The lowest BCUT2D eigenvalue weighted by Gasteiger charge is -2.22. The number of methoxy groups -OCH3 is 4. The molecular weight excluding hydrogens is 930 g/mol. The van der Waals surface area contributed by atoms with Gasteiger partial charge < -0.3 is 46.9 Å². The van der Waals surface area contributed by atoms with Gasteiger partial charge in [0.15, 0.2) is 0 Å². The fraction of sp³-hybridized carbons (Fsp3) is 0.444. The lowest BCUT2D eigenvalue weighted by molar-refractivity contribution is -0.149. The van der Waals surface area contributed by atoms with Crippen LogP contribution in [0.15, 0.2) is 60.7 Å². The molecule has 0 aliphatic heterocycles. The van der Waals surface area contributed by atoms with E-state index in [4.69, 9.17) is 53.6 Å². The maximum Gasteiger partial charge on any atom is 0.516 e. The summed E-state index contributed by atoms with van der Waals surface area (Å²) in [5, 5.41) is 4.80. The van der Waals surface area contributed by atoms with Crippen LogP contribution in [0.25, 0.3) is 0 Å². The minimum Gasteiger partial charge on any atom is -0.467 e. The number of benzene rings is 2. The van der Waals surface area contributed by atoms with Crippen LogP contribution in [0.5, 0.6) is 41.6 Å². The molecule has 0 bridgehead atoms. The zero-order valence-electron chi connectivity index (χ0n) is 34.8. The summed E-state index contributed by atoms with van der Waals surface area (Å²) in [5.41, 5.74) is 0. The molecule has 2 heterocycles. The van der Waals surface area contributed by atoms with Crippen molar-refractivity contribution < 1.29 is 65.6 Å². The predicted molar refractivity (Wildman–Crippen MR) is 245 cm³/mol. The van der Waals surface area contributed by atoms with E-state index in [0.717, 1.165) is 0 Å². The molecule has 63 heavy (non-hydrogen) atoms. The van der Waals surface area contributed by atoms with Crippen molar-refractivity contribution in [2.75, 3.05) is 28.4 Å². The van der Waals surface area contributed by atoms with Gasteiger partial charge in [-0.05, 0) is 77.4 Å². The number of esters is 2. The van der Waals surface area contributed by atoms with E-state index in [9.17, 15) is 23.6 Å². The number of rotatable bonds is 18. The maximum atomic E-state index is 13.4. The van der Waals surface area contributed by atoms with Crippen LogP contribution in [0, 0.1) is 0 Å². The van der Waals surface area contributed by atoms with Crippen LogP contribution in [-0.4, -0.2) is 99.5 Å². The Morgan fingerprint density at radius 3 is 1.25 bits per heavy atom. The van der Waals surface area contributed by atoms with E-state index in [-0.39, 0.29) is 101 Å². The summed E-state index contributed by atoms with van der Waals surface area (Å²) < 4.78 is 70.4. The van der Waals surface area contributed by atoms with Crippen molar-refractivity contribution >= 4 is 66.0 Å². The van der Waals surface area contributed by atoms with Gasteiger partial charge in [-0.3, -0.25) is 9.59 Å². The van der Waals surface area contributed by atoms with Crippen LogP contribution in [-0.2, 0) is 28.2 Å². The molecule has 0 amide bonds. The molecule has 4 atom stereocenters. The summed E-state index contributed by atoms with van der Waals surface area (Å²) in [6, 6.07) is 14.2. The lowest BCUT2D eigenvalue weighted by atomic mass is 10.3. The second-order valence-electron chi connectivity index (χ2n) is 11.8. The number of hydrogen-bond acceptors (Lipinski definition) is 19. The van der Waals surface area contributed by atoms with Gasteiger partial charge in [0.25, 0.3) is 0 Å². The second kappa shape index (κ2) is 31.2. The van der Waals surface area contributed by atoms with Crippen LogP contribution in [0.3, 0.4) is 0 Å². The van der Waals surface area contributed by atoms with E-state index in [1.54, 1.807) is 88.4 Å². The molecule has 0 saturated heterocycles. The van der Waals surface area contributed by atoms with E-state index in [1.807, 2.05) is 0 Å². The molecule has 22 nitrogen and oxygen atoms in total. The zero-order valence-corrected chi connectivity index (χ0v) is 39.3. The third-order valence-corrected chi connectivity index (χ3v) is 9.03. The quantitative estimate of drug-likeness (QED) is 0.0707. The van der Waals surface area contributed by atoms with Crippen molar-refractivity contribution in [1.29, 1.82) is 0 Å². The Morgan fingerprint density at radius 2 is 0.889 bits per heavy atom.